The minimum atomic E-state index is -1.01. The molecule has 1 aliphatic heterocycles. The number of benzene rings is 1. The SMILES string of the molecule is CCCCCCCC[C@H]1C[C@@]2(C)[C@@H](CC3OC(=O)C[C@@]32O)[C@@H]2CCc3cc(O)ccc3[C@@H]12. The van der Waals surface area contributed by atoms with Crippen LogP contribution in [0.5, 0.6) is 5.75 Å². The van der Waals surface area contributed by atoms with Crippen LogP contribution < -0.4 is 0 Å². The molecule has 1 saturated heterocycles. The Bertz CT molecular complexity index is 865. The lowest BCUT2D eigenvalue weighted by Gasteiger charge is -2.56. The summed E-state index contributed by atoms with van der Waals surface area (Å²) in [5.41, 5.74) is 1.48. The van der Waals surface area contributed by atoms with Crippen LogP contribution in [0.15, 0.2) is 18.2 Å². The van der Waals surface area contributed by atoms with Crippen LogP contribution in [0, 0.1) is 23.2 Å². The molecule has 2 saturated carbocycles. The summed E-state index contributed by atoms with van der Waals surface area (Å²) in [6.45, 7) is 4.52. The second-order valence-corrected chi connectivity index (χ2v) is 11.5. The van der Waals surface area contributed by atoms with Crippen molar-refractivity contribution in [2.45, 2.75) is 109 Å². The minimum absolute atomic E-state index is 0.163. The van der Waals surface area contributed by atoms with Crippen molar-refractivity contribution in [1.29, 1.82) is 0 Å². The van der Waals surface area contributed by atoms with E-state index in [4.69, 9.17) is 4.74 Å². The van der Waals surface area contributed by atoms with E-state index in [0.29, 0.717) is 29.4 Å². The molecule has 0 bridgehead atoms. The van der Waals surface area contributed by atoms with Gasteiger partial charge in [0, 0.05) is 5.41 Å². The van der Waals surface area contributed by atoms with Gasteiger partial charge in [-0.1, -0.05) is 58.4 Å². The lowest BCUT2D eigenvalue weighted by Crippen LogP contribution is -2.54. The molecule has 1 heterocycles. The third-order valence-electron chi connectivity index (χ3n) is 9.83. The summed E-state index contributed by atoms with van der Waals surface area (Å²) in [6.07, 6.45) is 12.6. The van der Waals surface area contributed by atoms with Crippen LogP contribution in [-0.4, -0.2) is 27.9 Å². The molecule has 3 aliphatic carbocycles. The summed E-state index contributed by atoms with van der Waals surface area (Å²) >= 11 is 0. The molecule has 2 N–H and O–H groups in total. The van der Waals surface area contributed by atoms with E-state index in [2.05, 4.69) is 19.9 Å². The standard InChI is InChI=1S/C28H40O4/c1-3-4-5-6-7-8-9-19-16-27(2)23(15-24-28(27,31)17-25(30)32-24)22-12-10-18-14-20(29)11-13-21(18)26(19)22/h11,13-14,19,22-24,26,29,31H,3-10,12,15-17H2,1-2H3/t19-,22-,23-,24?,26+,27-,28+/m0/s1. The van der Waals surface area contributed by atoms with Crippen LogP contribution in [0.2, 0.25) is 0 Å². The fourth-order valence-corrected chi connectivity index (χ4v) is 8.29. The first kappa shape index (κ1) is 22.3. The van der Waals surface area contributed by atoms with Gasteiger partial charge in [0.15, 0.2) is 0 Å². The Labute approximate surface area is 192 Å². The number of phenolic OH excluding ortho intramolecular Hbond substituents is 1. The van der Waals surface area contributed by atoms with E-state index in [1.807, 2.05) is 12.1 Å². The summed E-state index contributed by atoms with van der Waals surface area (Å²) < 4.78 is 5.66. The molecule has 1 aromatic rings. The number of unbranched alkanes of at least 4 members (excludes halogenated alkanes) is 5. The number of rotatable bonds is 7. The van der Waals surface area contributed by atoms with Crippen molar-refractivity contribution in [2.24, 2.45) is 23.2 Å². The monoisotopic (exact) mass is 440 g/mol. The van der Waals surface area contributed by atoms with Gasteiger partial charge in [-0.25, -0.2) is 0 Å². The zero-order valence-corrected chi connectivity index (χ0v) is 19.8. The van der Waals surface area contributed by atoms with Gasteiger partial charge in [-0.05, 0) is 79.0 Å². The molecular formula is C28H40O4. The van der Waals surface area contributed by atoms with E-state index in [-0.39, 0.29) is 23.9 Å². The minimum Gasteiger partial charge on any atom is -0.508 e. The number of ether oxygens (including phenoxy) is 1. The Morgan fingerprint density at radius 1 is 1.16 bits per heavy atom. The second kappa shape index (κ2) is 8.34. The normalized spacial score (nSPS) is 39.7. The molecule has 3 fully saturated rings. The van der Waals surface area contributed by atoms with E-state index in [1.165, 1.54) is 56.1 Å². The van der Waals surface area contributed by atoms with Crippen LogP contribution in [0.1, 0.15) is 102 Å². The first-order chi connectivity index (χ1) is 15.4. The van der Waals surface area contributed by atoms with Crippen molar-refractivity contribution >= 4 is 5.97 Å². The van der Waals surface area contributed by atoms with Crippen molar-refractivity contribution in [1.82, 2.24) is 0 Å². The van der Waals surface area contributed by atoms with E-state index in [0.717, 1.165) is 25.7 Å². The predicted octanol–water partition coefficient (Wildman–Crippen LogP) is 5.88. The molecule has 0 amide bonds. The molecule has 4 aliphatic rings. The van der Waals surface area contributed by atoms with Crippen LogP contribution in [0.3, 0.4) is 0 Å². The highest BCUT2D eigenvalue weighted by Crippen LogP contribution is 2.68. The van der Waals surface area contributed by atoms with Crippen LogP contribution in [0.4, 0.5) is 0 Å². The number of carbonyl (C=O) groups is 1. The average molecular weight is 441 g/mol. The Hall–Kier alpha value is -1.55. The number of aryl methyl sites for hydroxylation is 1. The Balaban J connectivity index is 1.43. The summed E-state index contributed by atoms with van der Waals surface area (Å²) in [7, 11) is 0. The first-order valence-electron chi connectivity index (χ1n) is 13.1. The Morgan fingerprint density at radius 2 is 1.94 bits per heavy atom. The molecule has 0 aromatic heterocycles. The van der Waals surface area contributed by atoms with Gasteiger partial charge in [0.25, 0.3) is 0 Å². The summed E-state index contributed by atoms with van der Waals surface area (Å²) in [6, 6.07) is 6.00. The third kappa shape index (κ3) is 3.40. The van der Waals surface area contributed by atoms with E-state index < -0.39 is 5.60 Å². The highest BCUT2D eigenvalue weighted by molar-refractivity contribution is 5.74. The maximum atomic E-state index is 12.1. The highest BCUT2D eigenvalue weighted by Gasteiger charge is 2.71. The van der Waals surface area contributed by atoms with Gasteiger partial charge in [-0.3, -0.25) is 4.79 Å². The first-order valence-corrected chi connectivity index (χ1v) is 13.1. The van der Waals surface area contributed by atoms with Gasteiger partial charge in [0.05, 0.1) is 6.42 Å². The van der Waals surface area contributed by atoms with Crippen molar-refractivity contribution in [3.05, 3.63) is 29.3 Å². The number of aliphatic hydroxyl groups is 1. The maximum Gasteiger partial charge on any atom is 0.309 e. The highest BCUT2D eigenvalue weighted by atomic mass is 16.6. The zero-order valence-electron chi connectivity index (χ0n) is 19.8. The van der Waals surface area contributed by atoms with Gasteiger partial charge in [-0.15, -0.1) is 0 Å². The lowest BCUT2D eigenvalue weighted by molar-refractivity contribution is -0.142. The average Bonchev–Trinajstić information content (AvgIpc) is 3.16. The summed E-state index contributed by atoms with van der Waals surface area (Å²) in [5, 5.41) is 21.9. The van der Waals surface area contributed by atoms with Crippen molar-refractivity contribution in [3.8, 4) is 5.75 Å². The molecule has 7 atom stereocenters. The fourth-order valence-electron chi connectivity index (χ4n) is 8.29. The van der Waals surface area contributed by atoms with Crippen LogP contribution in [0.25, 0.3) is 0 Å². The molecule has 4 nitrogen and oxygen atoms in total. The number of esters is 1. The van der Waals surface area contributed by atoms with Gasteiger partial charge in [0.2, 0.25) is 0 Å². The number of fused-ring (bicyclic) bond motifs is 7. The number of aromatic hydroxyl groups is 1. The predicted molar refractivity (Wildman–Crippen MR) is 124 cm³/mol. The largest absolute Gasteiger partial charge is 0.508 e. The number of hydrogen-bond donors (Lipinski definition) is 2. The summed E-state index contributed by atoms with van der Waals surface area (Å²) in [4.78, 5) is 12.1. The zero-order chi connectivity index (χ0) is 22.5. The summed E-state index contributed by atoms with van der Waals surface area (Å²) in [5.74, 6) is 2.05. The maximum absolute atomic E-state index is 12.1. The number of hydrogen-bond acceptors (Lipinski definition) is 4. The molecule has 176 valence electrons. The molecule has 32 heavy (non-hydrogen) atoms. The number of carbonyl (C=O) groups excluding carboxylic acids is 1. The van der Waals surface area contributed by atoms with Gasteiger partial charge >= 0.3 is 5.97 Å². The molecule has 1 aromatic carbocycles. The lowest BCUT2D eigenvalue weighted by atomic mass is 9.49. The van der Waals surface area contributed by atoms with Crippen LogP contribution >= 0.6 is 0 Å². The van der Waals surface area contributed by atoms with Crippen molar-refractivity contribution in [2.75, 3.05) is 0 Å². The molecular weight excluding hydrogens is 400 g/mol. The van der Waals surface area contributed by atoms with Gasteiger partial charge in [-0.2, -0.15) is 0 Å². The second-order valence-electron chi connectivity index (χ2n) is 11.5. The molecule has 0 radical (unpaired) electrons. The fraction of sp³-hybridized carbons (Fsp3) is 0.750. The molecule has 1 unspecified atom stereocenters. The van der Waals surface area contributed by atoms with E-state index in [9.17, 15) is 15.0 Å². The van der Waals surface area contributed by atoms with Gasteiger partial charge < -0.3 is 14.9 Å². The van der Waals surface area contributed by atoms with Gasteiger partial charge in [0.1, 0.15) is 17.5 Å². The van der Waals surface area contributed by atoms with E-state index >= 15 is 0 Å². The topological polar surface area (TPSA) is 66.8 Å². The Kier molecular flexibility index (Phi) is 5.80. The van der Waals surface area contributed by atoms with Crippen molar-refractivity contribution in [3.63, 3.8) is 0 Å². The van der Waals surface area contributed by atoms with Crippen molar-refractivity contribution < 1.29 is 19.7 Å². The quantitative estimate of drug-likeness (QED) is 0.410. The molecule has 5 rings (SSSR count). The smallest absolute Gasteiger partial charge is 0.309 e. The Morgan fingerprint density at radius 3 is 2.75 bits per heavy atom. The molecule has 0 spiro atoms. The third-order valence-corrected chi connectivity index (χ3v) is 9.83. The number of phenols is 1. The van der Waals surface area contributed by atoms with Crippen LogP contribution in [-0.2, 0) is 16.0 Å². The van der Waals surface area contributed by atoms with E-state index in [1.54, 1.807) is 0 Å². The molecule has 4 heteroatoms.